The van der Waals surface area contributed by atoms with Crippen LogP contribution in [0.5, 0.6) is 0 Å². The van der Waals surface area contributed by atoms with Gasteiger partial charge in [0.2, 0.25) is 0 Å². The predicted octanol–water partition coefficient (Wildman–Crippen LogP) is 5.87. The molecule has 0 amide bonds. The van der Waals surface area contributed by atoms with Gasteiger partial charge in [0.05, 0.1) is 22.1 Å². The molecule has 0 fully saturated rings. The normalized spacial score (nSPS) is 12.9. The molecule has 0 saturated heterocycles. The van der Waals surface area contributed by atoms with Gasteiger partial charge in [0, 0.05) is 24.1 Å². The highest BCUT2D eigenvalue weighted by Crippen LogP contribution is 2.29. The Morgan fingerprint density at radius 3 is 2.28 bits per heavy atom. The third kappa shape index (κ3) is 4.43. The second-order valence-electron chi connectivity index (χ2n) is 6.38. The Kier molecular flexibility index (Phi) is 6.59. The van der Waals surface area contributed by atoms with Crippen molar-refractivity contribution in [3.63, 3.8) is 0 Å². The molecule has 1 N–H and O–H groups in total. The van der Waals surface area contributed by atoms with Gasteiger partial charge in [-0.1, -0.05) is 36.9 Å². The van der Waals surface area contributed by atoms with Crippen molar-refractivity contribution < 1.29 is 0 Å². The Balaban J connectivity index is 2.20. The molecule has 0 unspecified atom stereocenters. The number of rotatable bonds is 7. The van der Waals surface area contributed by atoms with Crippen molar-refractivity contribution in [3.05, 3.63) is 103 Å². The van der Waals surface area contributed by atoms with Gasteiger partial charge in [-0.3, -0.25) is 0 Å². The Morgan fingerprint density at radius 1 is 0.966 bits per heavy atom. The molecule has 0 aliphatic carbocycles. The number of hydrogen-bond acceptors (Lipinski definition) is 4. The molecule has 146 valence electrons. The summed E-state index contributed by atoms with van der Waals surface area (Å²) in [6, 6.07) is 14.1. The minimum atomic E-state index is 0.855. The number of nitrogens with zero attached hydrogens (tertiary/aromatic N) is 3. The zero-order chi connectivity index (χ0) is 20.6. The van der Waals surface area contributed by atoms with Crippen molar-refractivity contribution in [1.29, 1.82) is 0 Å². The number of anilines is 1. The van der Waals surface area contributed by atoms with Gasteiger partial charge >= 0.3 is 0 Å². The minimum Gasteiger partial charge on any atom is -0.394 e. The third-order valence-corrected chi connectivity index (χ3v) is 4.48. The number of hydrogen-bond donors (Lipinski definition) is 1. The fraction of sp³-hybridized carbons (Fsp3) is 0.120. The van der Waals surface area contributed by atoms with Gasteiger partial charge in [0.25, 0.3) is 0 Å². The van der Waals surface area contributed by atoms with Crippen LogP contribution in [0.25, 0.3) is 22.1 Å². The summed E-state index contributed by atoms with van der Waals surface area (Å²) in [5.41, 5.74) is 6.49. The number of allylic oxidation sites excluding steroid dienone is 6. The van der Waals surface area contributed by atoms with Crippen molar-refractivity contribution in [2.75, 3.05) is 11.9 Å². The van der Waals surface area contributed by atoms with Crippen LogP contribution in [-0.4, -0.2) is 17.0 Å². The molecule has 0 radical (unpaired) electrons. The van der Waals surface area contributed by atoms with Crippen LogP contribution in [0.2, 0.25) is 0 Å². The Morgan fingerprint density at radius 2 is 1.66 bits per heavy atom. The third-order valence-electron chi connectivity index (χ3n) is 4.48. The Labute approximate surface area is 172 Å². The molecule has 0 spiro atoms. The molecule has 0 saturated carbocycles. The number of aromatic nitrogens is 2. The Bertz CT molecular complexity index is 1140. The SMILES string of the molecule is C=C/C(=C\C=C/C)N(C(/C=C\NC)=C/C)c1ccc2nc3ccccc3nc2c1. The highest BCUT2D eigenvalue weighted by molar-refractivity contribution is 5.88. The van der Waals surface area contributed by atoms with Crippen LogP contribution in [-0.2, 0) is 0 Å². The molecule has 29 heavy (non-hydrogen) atoms. The van der Waals surface area contributed by atoms with E-state index in [1.54, 1.807) is 0 Å². The van der Waals surface area contributed by atoms with E-state index in [1.165, 1.54) is 0 Å². The molecule has 1 aromatic heterocycles. The second kappa shape index (κ2) is 9.51. The first-order valence-electron chi connectivity index (χ1n) is 9.64. The van der Waals surface area contributed by atoms with E-state index in [4.69, 9.17) is 9.97 Å². The molecule has 0 bridgehead atoms. The van der Waals surface area contributed by atoms with Crippen LogP contribution < -0.4 is 10.2 Å². The van der Waals surface area contributed by atoms with E-state index >= 15 is 0 Å². The maximum Gasteiger partial charge on any atom is 0.0915 e. The van der Waals surface area contributed by atoms with Gasteiger partial charge in [-0.05, 0) is 68.6 Å². The van der Waals surface area contributed by atoms with Crippen molar-refractivity contribution in [1.82, 2.24) is 15.3 Å². The maximum atomic E-state index is 4.82. The van der Waals surface area contributed by atoms with Crippen LogP contribution in [0, 0.1) is 0 Å². The van der Waals surface area contributed by atoms with Gasteiger partial charge in [-0.25, -0.2) is 9.97 Å². The standard InChI is InChI=1S/C25H26N4/c1-5-8-11-19(6-2)29(20(7-3)16-17-26-4)21-14-15-24-25(18-21)28-23-13-10-9-12-22(23)27-24/h5-18,26H,2H2,1,3-4H3/b8-5-,17-16-,19-11+,20-7+. The topological polar surface area (TPSA) is 41.0 Å². The van der Waals surface area contributed by atoms with Crippen molar-refractivity contribution in [3.8, 4) is 0 Å². The molecule has 1 heterocycles. The maximum absolute atomic E-state index is 4.82. The number of benzene rings is 2. The average Bonchev–Trinajstić information content (AvgIpc) is 2.76. The lowest BCUT2D eigenvalue weighted by Crippen LogP contribution is -2.20. The molecule has 0 aliphatic heterocycles. The van der Waals surface area contributed by atoms with Crippen LogP contribution >= 0.6 is 0 Å². The zero-order valence-electron chi connectivity index (χ0n) is 17.1. The van der Waals surface area contributed by atoms with Gasteiger partial charge in [0.1, 0.15) is 0 Å². The van der Waals surface area contributed by atoms with Gasteiger partial charge in [-0.15, -0.1) is 0 Å². The zero-order valence-corrected chi connectivity index (χ0v) is 17.1. The predicted molar refractivity (Wildman–Crippen MR) is 125 cm³/mol. The van der Waals surface area contributed by atoms with Crippen molar-refractivity contribution in [2.24, 2.45) is 0 Å². The number of nitrogens with one attached hydrogen (secondary N) is 1. The summed E-state index contributed by atoms with van der Waals surface area (Å²) >= 11 is 0. The molecule has 4 heteroatoms. The highest BCUT2D eigenvalue weighted by atomic mass is 15.2. The summed E-state index contributed by atoms with van der Waals surface area (Å²) < 4.78 is 0. The monoisotopic (exact) mass is 382 g/mol. The first-order chi connectivity index (χ1) is 14.2. The first-order valence-corrected chi connectivity index (χ1v) is 9.64. The van der Waals surface area contributed by atoms with Gasteiger partial charge < -0.3 is 10.2 Å². The minimum absolute atomic E-state index is 0.855. The van der Waals surface area contributed by atoms with Gasteiger partial charge in [0.15, 0.2) is 0 Å². The molecule has 0 aliphatic rings. The molecule has 3 aromatic rings. The molecular weight excluding hydrogens is 356 g/mol. The smallest absolute Gasteiger partial charge is 0.0915 e. The van der Waals surface area contributed by atoms with E-state index in [0.29, 0.717) is 0 Å². The van der Waals surface area contributed by atoms with Gasteiger partial charge in [-0.2, -0.15) is 0 Å². The van der Waals surface area contributed by atoms with E-state index in [-0.39, 0.29) is 0 Å². The fourth-order valence-electron chi connectivity index (χ4n) is 3.09. The molecule has 3 rings (SSSR count). The number of para-hydroxylation sites is 2. The van der Waals surface area contributed by atoms with E-state index in [1.807, 2.05) is 87.8 Å². The average molecular weight is 383 g/mol. The summed E-state index contributed by atoms with van der Waals surface area (Å²) in [5, 5.41) is 3.06. The summed E-state index contributed by atoms with van der Waals surface area (Å²) in [6.07, 6.45) is 13.9. The van der Waals surface area contributed by atoms with E-state index < -0.39 is 0 Å². The number of fused-ring (bicyclic) bond motifs is 2. The second-order valence-corrected chi connectivity index (χ2v) is 6.38. The molecule has 0 atom stereocenters. The largest absolute Gasteiger partial charge is 0.394 e. The van der Waals surface area contributed by atoms with E-state index in [9.17, 15) is 0 Å². The molecule has 2 aromatic carbocycles. The quantitative estimate of drug-likeness (QED) is 0.410. The van der Waals surface area contributed by atoms with Crippen LogP contribution in [0.4, 0.5) is 5.69 Å². The first kappa shape index (κ1) is 20.1. The van der Waals surface area contributed by atoms with Crippen LogP contribution in [0.1, 0.15) is 13.8 Å². The lowest BCUT2D eigenvalue weighted by Gasteiger charge is -2.27. The summed E-state index contributed by atoms with van der Waals surface area (Å²) in [6.45, 7) is 8.04. The van der Waals surface area contributed by atoms with Crippen molar-refractivity contribution >= 4 is 27.8 Å². The summed E-state index contributed by atoms with van der Waals surface area (Å²) in [5.74, 6) is 0. The van der Waals surface area contributed by atoms with Crippen LogP contribution in [0.3, 0.4) is 0 Å². The van der Waals surface area contributed by atoms with E-state index in [0.717, 1.165) is 39.1 Å². The molecule has 4 nitrogen and oxygen atoms in total. The van der Waals surface area contributed by atoms with E-state index in [2.05, 4.69) is 35.0 Å². The summed E-state index contributed by atoms with van der Waals surface area (Å²) in [4.78, 5) is 11.7. The fourth-order valence-corrected chi connectivity index (χ4v) is 3.09. The lowest BCUT2D eigenvalue weighted by atomic mass is 10.1. The lowest BCUT2D eigenvalue weighted by molar-refractivity contribution is 1.08. The molecular formula is C25H26N4. The summed E-state index contributed by atoms with van der Waals surface area (Å²) in [7, 11) is 1.88. The van der Waals surface area contributed by atoms with Crippen LogP contribution in [0.15, 0.2) is 103 Å². The highest BCUT2D eigenvalue weighted by Gasteiger charge is 2.14. The Hall–Kier alpha value is -3.66. The van der Waals surface area contributed by atoms with Crippen molar-refractivity contribution in [2.45, 2.75) is 13.8 Å².